The maximum absolute atomic E-state index is 12.0. The lowest BCUT2D eigenvalue weighted by Gasteiger charge is -2.11. The molecule has 1 amide bonds. The highest BCUT2D eigenvalue weighted by Gasteiger charge is 2.08. The number of hydrogen-bond donors (Lipinski definition) is 1. The van der Waals surface area contributed by atoms with Crippen molar-refractivity contribution in [3.8, 4) is 5.75 Å². The number of nitrogens with one attached hydrogen (secondary N) is 1. The van der Waals surface area contributed by atoms with Gasteiger partial charge in [0.1, 0.15) is 5.75 Å². The van der Waals surface area contributed by atoms with Gasteiger partial charge in [-0.05, 0) is 63.3 Å². The second-order valence-electron chi connectivity index (χ2n) is 5.97. The van der Waals surface area contributed by atoms with Crippen molar-refractivity contribution < 1.29 is 9.53 Å². The first-order valence-electron chi connectivity index (χ1n) is 8.44. The van der Waals surface area contributed by atoms with Crippen molar-refractivity contribution in [2.75, 3.05) is 13.2 Å². The number of halogens is 2. The van der Waals surface area contributed by atoms with E-state index in [1.54, 1.807) is 0 Å². The van der Waals surface area contributed by atoms with Crippen molar-refractivity contribution >= 4 is 44.2 Å². The van der Waals surface area contributed by atoms with Crippen LogP contribution in [0.5, 0.6) is 5.75 Å². The summed E-state index contributed by atoms with van der Waals surface area (Å²) in [5.41, 5.74) is 1.21. The van der Waals surface area contributed by atoms with Gasteiger partial charge >= 0.3 is 0 Å². The van der Waals surface area contributed by atoms with E-state index in [0.29, 0.717) is 12.3 Å². The summed E-state index contributed by atoms with van der Waals surface area (Å²) in [5.74, 6) is 0.543. The molecule has 0 aromatic heterocycles. The predicted molar refractivity (Wildman–Crippen MR) is 110 cm³/mol. The second kappa shape index (κ2) is 9.06. The molecular weight excluding hydrogens is 414 g/mol. The molecular formula is C21H19BrClNO2. The van der Waals surface area contributed by atoms with Gasteiger partial charge < -0.3 is 10.1 Å². The summed E-state index contributed by atoms with van der Waals surface area (Å²) in [4.78, 5) is 12.0. The highest BCUT2D eigenvalue weighted by Crippen LogP contribution is 2.32. The van der Waals surface area contributed by atoms with Gasteiger partial charge in [-0.15, -0.1) is 0 Å². The van der Waals surface area contributed by atoms with Crippen LogP contribution in [0.25, 0.3) is 10.8 Å². The van der Waals surface area contributed by atoms with Crippen molar-refractivity contribution in [3.63, 3.8) is 0 Å². The number of aryl methyl sites for hydroxylation is 1. The molecule has 134 valence electrons. The lowest BCUT2D eigenvalue weighted by Crippen LogP contribution is -2.30. The fraction of sp³-hybridized carbons (Fsp3) is 0.190. The molecule has 0 aliphatic rings. The molecule has 0 bridgehead atoms. The van der Waals surface area contributed by atoms with Gasteiger partial charge in [-0.2, -0.15) is 0 Å². The number of carbonyl (C=O) groups is 1. The molecule has 3 aromatic rings. The van der Waals surface area contributed by atoms with E-state index < -0.39 is 0 Å². The monoisotopic (exact) mass is 431 g/mol. The average Bonchev–Trinajstić information content (AvgIpc) is 2.66. The van der Waals surface area contributed by atoms with Gasteiger partial charge in [0.25, 0.3) is 5.91 Å². The molecule has 26 heavy (non-hydrogen) atoms. The molecule has 3 nitrogen and oxygen atoms in total. The summed E-state index contributed by atoms with van der Waals surface area (Å²) in [6.07, 6.45) is 1.77. The van der Waals surface area contributed by atoms with E-state index in [1.807, 2.05) is 60.7 Å². The van der Waals surface area contributed by atoms with Gasteiger partial charge in [-0.1, -0.05) is 54.1 Å². The van der Waals surface area contributed by atoms with Gasteiger partial charge in [-0.3, -0.25) is 4.79 Å². The Labute approximate surface area is 166 Å². The summed E-state index contributed by atoms with van der Waals surface area (Å²) < 4.78 is 6.53. The minimum atomic E-state index is -0.124. The molecule has 0 radical (unpaired) electrons. The van der Waals surface area contributed by atoms with Gasteiger partial charge in [0.05, 0.1) is 4.47 Å². The van der Waals surface area contributed by atoms with Gasteiger partial charge in [0.15, 0.2) is 6.61 Å². The minimum absolute atomic E-state index is 0.00210. The molecule has 0 aliphatic heterocycles. The quantitative estimate of drug-likeness (QED) is 0.509. The summed E-state index contributed by atoms with van der Waals surface area (Å²) in [6, 6.07) is 19.7. The van der Waals surface area contributed by atoms with E-state index in [2.05, 4.69) is 21.2 Å². The molecule has 5 heteroatoms. The summed E-state index contributed by atoms with van der Waals surface area (Å²) in [5, 5.41) is 5.81. The van der Waals surface area contributed by atoms with E-state index in [1.165, 1.54) is 5.56 Å². The van der Waals surface area contributed by atoms with E-state index in [4.69, 9.17) is 16.3 Å². The predicted octanol–water partition coefficient (Wildman–Crippen LogP) is 5.38. The molecule has 0 aliphatic carbocycles. The Morgan fingerprint density at radius 1 is 1.04 bits per heavy atom. The first-order chi connectivity index (χ1) is 12.6. The number of hydrogen-bond acceptors (Lipinski definition) is 2. The fourth-order valence-electron chi connectivity index (χ4n) is 2.69. The zero-order valence-corrected chi connectivity index (χ0v) is 16.5. The van der Waals surface area contributed by atoms with Crippen molar-refractivity contribution in [1.29, 1.82) is 0 Å². The summed E-state index contributed by atoms with van der Waals surface area (Å²) >= 11 is 9.43. The smallest absolute Gasteiger partial charge is 0.257 e. The van der Waals surface area contributed by atoms with Crippen LogP contribution >= 0.6 is 27.5 Å². The average molecular weight is 433 g/mol. The van der Waals surface area contributed by atoms with Crippen LogP contribution in [0.3, 0.4) is 0 Å². The molecule has 0 unspecified atom stereocenters. The maximum atomic E-state index is 12.0. The molecule has 0 spiro atoms. The third-order valence-electron chi connectivity index (χ3n) is 4.06. The van der Waals surface area contributed by atoms with Crippen molar-refractivity contribution in [3.05, 3.63) is 75.7 Å². The Bertz CT molecular complexity index is 896. The maximum Gasteiger partial charge on any atom is 0.257 e. The third kappa shape index (κ3) is 4.99. The van der Waals surface area contributed by atoms with E-state index in [-0.39, 0.29) is 12.5 Å². The Kier molecular flexibility index (Phi) is 6.53. The minimum Gasteiger partial charge on any atom is -0.483 e. The lowest BCUT2D eigenvalue weighted by molar-refractivity contribution is -0.123. The summed E-state index contributed by atoms with van der Waals surface area (Å²) in [6.45, 7) is 0.613. The molecule has 0 saturated heterocycles. The Balaban J connectivity index is 1.44. The summed E-state index contributed by atoms with van der Waals surface area (Å²) in [7, 11) is 0. The van der Waals surface area contributed by atoms with Gasteiger partial charge in [-0.25, -0.2) is 0 Å². The number of ether oxygens (including phenoxy) is 1. The van der Waals surface area contributed by atoms with Crippen LogP contribution in [0.4, 0.5) is 0 Å². The highest BCUT2D eigenvalue weighted by atomic mass is 79.9. The van der Waals surface area contributed by atoms with Crippen LogP contribution in [-0.4, -0.2) is 19.1 Å². The Morgan fingerprint density at radius 2 is 1.81 bits per heavy atom. The molecule has 0 fully saturated rings. The highest BCUT2D eigenvalue weighted by molar-refractivity contribution is 9.10. The Hall–Kier alpha value is -2.04. The molecule has 0 heterocycles. The molecule has 0 atom stereocenters. The SMILES string of the molecule is O=C(COc1ccc2ccccc2c1Br)NCCCc1ccc(Cl)cc1. The first kappa shape index (κ1) is 18.7. The van der Waals surface area contributed by atoms with Crippen LogP contribution in [0.2, 0.25) is 5.02 Å². The molecule has 3 aromatic carbocycles. The standard InChI is InChI=1S/C21H19BrClNO2/c22-21-18-6-2-1-5-16(18)9-12-19(21)26-14-20(25)24-13-3-4-15-7-10-17(23)11-8-15/h1-2,5-12H,3-4,13-14H2,(H,24,25). The van der Waals surface area contributed by atoms with E-state index in [0.717, 1.165) is 33.1 Å². The van der Waals surface area contributed by atoms with Crippen LogP contribution in [-0.2, 0) is 11.2 Å². The van der Waals surface area contributed by atoms with Gasteiger partial charge in [0.2, 0.25) is 0 Å². The van der Waals surface area contributed by atoms with Crippen molar-refractivity contribution in [2.24, 2.45) is 0 Å². The van der Waals surface area contributed by atoms with E-state index >= 15 is 0 Å². The molecule has 3 rings (SSSR count). The normalized spacial score (nSPS) is 10.7. The van der Waals surface area contributed by atoms with Crippen molar-refractivity contribution in [2.45, 2.75) is 12.8 Å². The molecule has 0 saturated carbocycles. The lowest BCUT2D eigenvalue weighted by atomic mass is 10.1. The second-order valence-corrected chi connectivity index (χ2v) is 7.20. The van der Waals surface area contributed by atoms with Crippen LogP contribution in [0.1, 0.15) is 12.0 Å². The largest absolute Gasteiger partial charge is 0.483 e. The first-order valence-corrected chi connectivity index (χ1v) is 9.62. The molecule has 1 N–H and O–H groups in total. The number of rotatable bonds is 7. The van der Waals surface area contributed by atoms with Crippen LogP contribution in [0.15, 0.2) is 65.1 Å². The Morgan fingerprint density at radius 3 is 2.62 bits per heavy atom. The topological polar surface area (TPSA) is 38.3 Å². The third-order valence-corrected chi connectivity index (χ3v) is 5.13. The number of benzene rings is 3. The van der Waals surface area contributed by atoms with Crippen LogP contribution in [0, 0.1) is 0 Å². The number of fused-ring (bicyclic) bond motifs is 1. The number of amides is 1. The van der Waals surface area contributed by atoms with Crippen LogP contribution < -0.4 is 10.1 Å². The number of carbonyl (C=O) groups excluding carboxylic acids is 1. The fourth-order valence-corrected chi connectivity index (χ4v) is 3.42. The van der Waals surface area contributed by atoms with E-state index in [9.17, 15) is 4.79 Å². The zero-order chi connectivity index (χ0) is 18.4. The van der Waals surface area contributed by atoms with Crippen molar-refractivity contribution in [1.82, 2.24) is 5.32 Å². The zero-order valence-electron chi connectivity index (χ0n) is 14.2. The van der Waals surface area contributed by atoms with Gasteiger partial charge in [0, 0.05) is 11.6 Å².